The van der Waals surface area contributed by atoms with Gasteiger partial charge in [-0.1, -0.05) is 54.6 Å². The summed E-state index contributed by atoms with van der Waals surface area (Å²) < 4.78 is 17.9. The fraction of sp³-hybridized carbons (Fsp3) is 0.357. The fourth-order valence-corrected chi connectivity index (χ4v) is 4.70. The van der Waals surface area contributed by atoms with Gasteiger partial charge in [0.2, 0.25) is 0 Å². The van der Waals surface area contributed by atoms with E-state index in [1.54, 1.807) is 0 Å². The van der Waals surface area contributed by atoms with Crippen LogP contribution in [0.4, 0.5) is 0 Å². The molecule has 5 rings (SSSR count). The van der Waals surface area contributed by atoms with E-state index in [2.05, 4.69) is 30.3 Å². The summed E-state index contributed by atoms with van der Waals surface area (Å²) in [7, 11) is 0. The Morgan fingerprint density at radius 1 is 0.879 bits per heavy atom. The van der Waals surface area contributed by atoms with Crippen LogP contribution in [0, 0.1) is 0 Å². The van der Waals surface area contributed by atoms with E-state index in [0.29, 0.717) is 19.4 Å². The first-order chi connectivity index (χ1) is 16.2. The van der Waals surface area contributed by atoms with Crippen molar-refractivity contribution in [3.05, 3.63) is 95.1 Å². The molecule has 0 spiro atoms. The minimum Gasteiger partial charge on any atom is -0.490 e. The van der Waals surface area contributed by atoms with Crippen molar-refractivity contribution in [1.82, 2.24) is 0 Å². The number of para-hydroxylation sites is 1. The number of hydrogen-bond donors (Lipinski definition) is 2. The molecule has 2 heterocycles. The second kappa shape index (κ2) is 9.96. The number of aliphatic hydroxyl groups excluding tert-OH is 2. The normalized spacial score (nSPS) is 24.2. The van der Waals surface area contributed by atoms with Crippen molar-refractivity contribution in [2.24, 2.45) is 0 Å². The average Bonchev–Trinajstić information content (AvgIpc) is 3.26. The topological polar surface area (TPSA) is 68.2 Å². The molecule has 172 valence electrons. The van der Waals surface area contributed by atoms with E-state index < -0.39 is 6.10 Å². The molecular formula is C28H30O5. The van der Waals surface area contributed by atoms with Crippen LogP contribution in [-0.2, 0) is 17.6 Å². The molecule has 0 radical (unpaired) electrons. The third-order valence-electron chi connectivity index (χ3n) is 6.39. The van der Waals surface area contributed by atoms with Crippen LogP contribution >= 0.6 is 0 Å². The lowest BCUT2D eigenvalue weighted by molar-refractivity contribution is -0.113. The molecule has 3 aromatic carbocycles. The Balaban J connectivity index is 1.16. The predicted octanol–water partition coefficient (Wildman–Crippen LogP) is 4.23. The SMILES string of the molecule is OCC1CC(O)C[C@H](c2cccc(Cc3ccc(OCC4Cc5ccccc5O4)cc3)c2)O1. The molecule has 2 aliphatic rings. The summed E-state index contributed by atoms with van der Waals surface area (Å²) in [5.74, 6) is 1.80. The molecular weight excluding hydrogens is 416 g/mol. The maximum atomic E-state index is 10.1. The molecule has 2 aliphatic heterocycles. The van der Waals surface area contributed by atoms with Crippen molar-refractivity contribution in [1.29, 1.82) is 0 Å². The van der Waals surface area contributed by atoms with Gasteiger partial charge in [0.25, 0.3) is 0 Å². The van der Waals surface area contributed by atoms with Crippen molar-refractivity contribution in [3.8, 4) is 11.5 Å². The molecule has 1 fully saturated rings. The van der Waals surface area contributed by atoms with E-state index in [-0.39, 0.29) is 24.9 Å². The van der Waals surface area contributed by atoms with Crippen LogP contribution in [0.15, 0.2) is 72.8 Å². The Morgan fingerprint density at radius 3 is 2.55 bits per heavy atom. The summed E-state index contributed by atoms with van der Waals surface area (Å²) in [4.78, 5) is 0. The summed E-state index contributed by atoms with van der Waals surface area (Å²) >= 11 is 0. The van der Waals surface area contributed by atoms with Gasteiger partial charge in [-0.05, 0) is 46.9 Å². The van der Waals surface area contributed by atoms with E-state index >= 15 is 0 Å². The van der Waals surface area contributed by atoms with Crippen LogP contribution in [-0.4, -0.2) is 41.7 Å². The van der Waals surface area contributed by atoms with Crippen LogP contribution in [0.2, 0.25) is 0 Å². The van der Waals surface area contributed by atoms with E-state index in [9.17, 15) is 10.2 Å². The van der Waals surface area contributed by atoms with Gasteiger partial charge < -0.3 is 24.4 Å². The van der Waals surface area contributed by atoms with Crippen LogP contribution in [0.3, 0.4) is 0 Å². The third-order valence-corrected chi connectivity index (χ3v) is 6.39. The van der Waals surface area contributed by atoms with Gasteiger partial charge in [-0.2, -0.15) is 0 Å². The zero-order chi connectivity index (χ0) is 22.6. The van der Waals surface area contributed by atoms with Gasteiger partial charge in [0.1, 0.15) is 24.2 Å². The van der Waals surface area contributed by atoms with E-state index in [1.807, 2.05) is 42.5 Å². The monoisotopic (exact) mass is 446 g/mol. The maximum Gasteiger partial charge on any atom is 0.137 e. The van der Waals surface area contributed by atoms with E-state index in [1.165, 1.54) is 16.7 Å². The first-order valence-electron chi connectivity index (χ1n) is 11.7. The number of ether oxygens (including phenoxy) is 3. The Labute approximate surface area is 194 Å². The molecule has 0 aliphatic carbocycles. The second-order valence-electron chi connectivity index (χ2n) is 8.98. The Hall–Kier alpha value is -2.86. The molecule has 0 saturated carbocycles. The number of hydrogen-bond acceptors (Lipinski definition) is 5. The summed E-state index contributed by atoms with van der Waals surface area (Å²) in [6.07, 6.45) is 1.84. The molecule has 2 N–H and O–H groups in total. The van der Waals surface area contributed by atoms with Gasteiger partial charge in [0.15, 0.2) is 0 Å². The molecule has 3 unspecified atom stereocenters. The van der Waals surface area contributed by atoms with Crippen molar-refractivity contribution in [2.75, 3.05) is 13.2 Å². The molecule has 33 heavy (non-hydrogen) atoms. The third kappa shape index (κ3) is 5.38. The molecule has 4 atom stereocenters. The summed E-state index contributed by atoms with van der Waals surface area (Å²) in [5, 5.41) is 19.6. The van der Waals surface area contributed by atoms with Crippen molar-refractivity contribution in [3.63, 3.8) is 0 Å². The highest BCUT2D eigenvalue weighted by Crippen LogP contribution is 2.32. The Bertz CT molecular complexity index is 1040. The predicted molar refractivity (Wildman–Crippen MR) is 126 cm³/mol. The lowest BCUT2D eigenvalue weighted by Gasteiger charge is -2.32. The highest BCUT2D eigenvalue weighted by Gasteiger charge is 2.29. The van der Waals surface area contributed by atoms with Gasteiger partial charge in [-0.3, -0.25) is 0 Å². The number of fused-ring (bicyclic) bond motifs is 1. The Kier molecular flexibility index (Phi) is 6.63. The molecule has 0 bridgehead atoms. The van der Waals surface area contributed by atoms with E-state index in [4.69, 9.17) is 14.2 Å². The molecule has 0 aromatic heterocycles. The van der Waals surface area contributed by atoms with Gasteiger partial charge in [-0.25, -0.2) is 0 Å². The number of rotatable bonds is 7. The van der Waals surface area contributed by atoms with Crippen molar-refractivity contribution < 1.29 is 24.4 Å². The number of benzene rings is 3. The molecule has 1 saturated heterocycles. The highest BCUT2D eigenvalue weighted by molar-refractivity contribution is 5.37. The average molecular weight is 447 g/mol. The minimum atomic E-state index is -0.444. The molecule has 0 amide bonds. The second-order valence-corrected chi connectivity index (χ2v) is 8.98. The molecule has 5 nitrogen and oxygen atoms in total. The van der Waals surface area contributed by atoms with Crippen LogP contribution in [0.1, 0.15) is 41.2 Å². The molecule has 5 heteroatoms. The summed E-state index contributed by atoms with van der Waals surface area (Å²) in [5.41, 5.74) is 4.66. The smallest absolute Gasteiger partial charge is 0.137 e. The minimum absolute atomic E-state index is 0.0516. The standard InChI is InChI=1S/C28H30O5/c29-17-25-15-23(30)16-28(32-25)21-6-3-4-20(13-21)12-19-8-10-24(11-9-19)31-18-26-14-22-5-1-2-7-27(22)33-26/h1-11,13,23,25-26,28-30H,12,14-18H2/t23?,25?,26?,28-/m1/s1. The molecule has 3 aromatic rings. The van der Waals surface area contributed by atoms with Gasteiger partial charge in [0, 0.05) is 19.3 Å². The van der Waals surface area contributed by atoms with Gasteiger partial charge >= 0.3 is 0 Å². The van der Waals surface area contributed by atoms with Gasteiger partial charge in [0.05, 0.1) is 24.9 Å². The fourth-order valence-electron chi connectivity index (χ4n) is 4.70. The largest absolute Gasteiger partial charge is 0.490 e. The van der Waals surface area contributed by atoms with Gasteiger partial charge in [-0.15, -0.1) is 0 Å². The lowest BCUT2D eigenvalue weighted by atomic mass is 9.94. The summed E-state index contributed by atoms with van der Waals surface area (Å²) in [6.45, 7) is 0.458. The zero-order valence-corrected chi connectivity index (χ0v) is 18.6. The van der Waals surface area contributed by atoms with E-state index in [0.717, 1.165) is 29.9 Å². The summed E-state index contributed by atoms with van der Waals surface area (Å²) in [6, 6.07) is 24.6. The lowest BCUT2D eigenvalue weighted by Crippen LogP contribution is -2.33. The van der Waals surface area contributed by atoms with Crippen LogP contribution in [0.5, 0.6) is 11.5 Å². The maximum absolute atomic E-state index is 10.1. The highest BCUT2D eigenvalue weighted by atomic mass is 16.5. The quantitative estimate of drug-likeness (QED) is 0.568. The van der Waals surface area contributed by atoms with Crippen molar-refractivity contribution >= 4 is 0 Å². The van der Waals surface area contributed by atoms with Crippen LogP contribution in [0.25, 0.3) is 0 Å². The first-order valence-corrected chi connectivity index (χ1v) is 11.7. The van der Waals surface area contributed by atoms with Crippen molar-refractivity contribution in [2.45, 2.75) is 50.1 Å². The Morgan fingerprint density at radius 2 is 1.73 bits per heavy atom. The first kappa shape index (κ1) is 22.0. The van der Waals surface area contributed by atoms with Crippen LogP contribution < -0.4 is 9.47 Å². The number of aliphatic hydroxyl groups is 2. The zero-order valence-electron chi connectivity index (χ0n) is 18.6.